The van der Waals surface area contributed by atoms with E-state index in [9.17, 15) is 17.6 Å². The van der Waals surface area contributed by atoms with Crippen molar-refractivity contribution in [3.8, 4) is 5.75 Å². The molecule has 6 nitrogen and oxygen atoms in total. The average Bonchev–Trinajstić information content (AvgIpc) is 2.79. The van der Waals surface area contributed by atoms with Crippen LogP contribution >= 0.6 is 11.6 Å². The van der Waals surface area contributed by atoms with Crippen LogP contribution in [0.25, 0.3) is 0 Å². The molecule has 33 heavy (non-hydrogen) atoms. The normalized spacial score (nSPS) is 12.4. The number of ether oxygens (including phenoxy) is 1. The molecule has 0 fully saturated rings. The minimum Gasteiger partial charge on any atom is -0.495 e. The third-order valence-electron chi connectivity index (χ3n) is 5.01. The van der Waals surface area contributed by atoms with E-state index in [0.29, 0.717) is 11.1 Å². The van der Waals surface area contributed by atoms with E-state index in [4.69, 9.17) is 16.3 Å². The van der Waals surface area contributed by atoms with Gasteiger partial charge in [0.25, 0.3) is 0 Å². The van der Waals surface area contributed by atoms with Gasteiger partial charge in [-0.2, -0.15) is 4.31 Å². The highest BCUT2D eigenvalue weighted by Gasteiger charge is 2.30. The summed E-state index contributed by atoms with van der Waals surface area (Å²) in [5, 5.41) is 3.00. The molecule has 0 aliphatic rings. The zero-order chi connectivity index (χ0) is 24.0. The Bertz CT molecular complexity index is 1200. The molecule has 0 heterocycles. The van der Waals surface area contributed by atoms with E-state index in [1.807, 2.05) is 6.07 Å². The second-order valence-corrected chi connectivity index (χ2v) is 9.74. The molecule has 0 aliphatic heterocycles. The van der Waals surface area contributed by atoms with Gasteiger partial charge in [-0.1, -0.05) is 54.1 Å². The first-order valence-electron chi connectivity index (χ1n) is 10.1. The highest BCUT2D eigenvalue weighted by molar-refractivity contribution is 7.89. The van der Waals surface area contributed by atoms with Crippen LogP contribution in [0.1, 0.15) is 24.1 Å². The summed E-state index contributed by atoms with van der Waals surface area (Å²) in [4.78, 5) is 12.7. The predicted octanol–water partition coefficient (Wildman–Crippen LogP) is 4.56. The molecule has 0 spiro atoms. The molecule has 0 saturated carbocycles. The van der Waals surface area contributed by atoms with E-state index in [1.165, 1.54) is 37.4 Å². The van der Waals surface area contributed by atoms with Gasteiger partial charge in [-0.3, -0.25) is 4.79 Å². The van der Waals surface area contributed by atoms with Gasteiger partial charge in [0.15, 0.2) is 0 Å². The van der Waals surface area contributed by atoms with Crippen molar-refractivity contribution in [1.82, 2.24) is 9.62 Å². The lowest BCUT2D eigenvalue weighted by Gasteiger charge is -2.24. The van der Waals surface area contributed by atoms with Crippen molar-refractivity contribution in [3.63, 3.8) is 0 Å². The molecule has 3 aromatic rings. The first kappa shape index (κ1) is 24.7. The van der Waals surface area contributed by atoms with Crippen molar-refractivity contribution < 1.29 is 22.3 Å². The Hall–Kier alpha value is -2.94. The van der Waals surface area contributed by atoms with Crippen LogP contribution < -0.4 is 10.1 Å². The molecular formula is C24H24ClFN2O4S. The first-order chi connectivity index (χ1) is 15.7. The molecule has 174 valence electrons. The molecule has 1 amide bonds. The summed E-state index contributed by atoms with van der Waals surface area (Å²) in [6.07, 6.45) is 0. The van der Waals surface area contributed by atoms with Crippen LogP contribution in [0.15, 0.2) is 77.7 Å². The van der Waals surface area contributed by atoms with E-state index in [-0.39, 0.29) is 28.0 Å². The summed E-state index contributed by atoms with van der Waals surface area (Å²) in [6, 6.07) is 18.5. The zero-order valence-corrected chi connectivity index (χ0v) is 19.7. The van der Waals surface area contributed by atoms with Crippen LogP contribution in [0.5, 0.6) is 5.75 Å². The van der Waals surface area contributed by atoms with Crippen molar-refractivity contribution >= 4 is 27.5 Å². The topological polar surface area (TPSA) is 75.7 Å². The maximum absolute atomic E-state index is 13.6. The predicted molar refractivity (Wildman–Crippen MR) is 125 cm³/mol. The van der Waals surface area contributed by atoms with Crippen LogP contribution in [-0.2, 0) is 21.4 Å². The van der Waals surface area contributed by atoms with E-state index in [1.54, 1.807) is 43.3 Å². The summed E-state index contributed by atoms with van der Waals surface area (Å²) in [5.41, 5.74) is 1.40. The summed E-state index contributed by atoms with van der Waals surface area (Å²) < 4.78 is 46.6. The van der Waals surface area contributed by atoms with Gasteiger partial charge in [0.2, 0.25) is 15.9 Å². The van der Waals surface area contributed by atoms with Gasteiger partial charge in [0.05, 0.1) is 19.7 Å². The summed E-state index contributed by atoms with van der Waals surface area (Å²) >= 11 is 6.05. The van der Waals surface area contributed by atoms with Gasteiger partial charge in [-0.25, -0.2) is 12.8 Å². The van der Waals surface area contributed by atoms with Crippen molar-refractivity contribution in [2.24, 2.45) is 0 Å². The molecular weight excluding hydrogens is 467 g/mol. The lowest BCUT2D eigenvalue weighted by molar-refractivity contribution is -0.122. The van der Waals surface area contributed by atoms with Crippen LogP contribution in [0.2, 0.25) is 5.02 Å². The number of sulfonamides is 1. The summed E-state index contributed by atoms with van der Waals surface area (Å²) in [5.74, 6) is -0.766. The quantitative estimate of drug-likeness (QED) is 0.477. The Labute approximate surface area is 198 Å². The molecule has 0 bridgehead atoms. The maximum Gasteiger partial charge on any atom is 0.247 e. The van der Waals surface area contributed by atoms with Gasteiger partial charge >= 0.3 is 0 Å². The molecule has 0 aromatic heterocycles. The fraction of sp³-hybridized carbons (Fsp3) is 0.208. The lowest BCUT2D eigenvalue weighted by Crippen LogP contribution is -2.41. The van der Waals surface area contributed by atoms with E-state index < -0.39 is 28.5 Å². The van der Waals surface area contributed by atoms with E-state index in [2.05, 4.69) is 5.32 Å². The number of hydrogen-bond donors (Lipinski definition) is 1. The molecule has 3 rings (SSSR count). The number of methoxy groups -OCH3 is 1. The lowest BCUT2D eigenvalue weighted by atomic mass is 10.1. The second-order valence-electron chi connectivity index (χ2n) is 7.39. The Balaban J connectivity index is 1.89. The average molecular weight is 491 g/mol. The van der Waals surface area contributed by atoms with E-state index in [0.717, 1.165) is 4.31 Å². The number of amides is 1. The Kier molecular flexibility index (Phi) is 8.07. The highest BCUT2D eigenvalue weighted by atomic mass is 35.5. The molecule has 0 unspecified atom stereocenters. The monoisotopic (exact) mass is 490 g/mol. The molecule has 1 atom stereocenters. The standard InChI is InChI=1S/C24H24ClFN2O4S/c1-17(19-8-11-21(26)12-9-19)27-24(29)16-28(15-18-6-4-3-5-7-18)33(30,31)23-14-20(25)10-13-22(23)32-2/h3-14,17H,15-16H2,1-2H3,(H,27,29)/t17-/m1/s1. The van der Waals surface area contributed by atoms with E-state index >= 15 is 0 Å². The van der Waals surface area contributed by atoms with Crippen molar-refractivity contribution in [1.29, 1.82) is 0 Å². The molecule has 0 saturated heterocycles. The van der Waals surface area contributed by atoms with Crippen LogP contribution in [0.3, 0.4) is 0 Å². The fourth-order valence-corrected chi connectivity index (χ4v) is 5.09. The SMILES string of the molecule is COc1ccc(Cl)cc1S(=O)(=O)N(CC(=O)N[C@H](C)c1ccc(F)cc1)Cc1ccccc1. The molecule has 1 N–H and O–H groups in total. The van der Waals surface area contributed by atoms with Gasteiger partial charge in [0.1, 0.15) is 16.5 Å². The maximum atomic E-state index is 13.6. The Morgan fingerprint density at radius 2 is 1.76 bits per heavy atom. The number of nitrogens with one attached hydrogen (secondary N) is 1. The second kappa shape index (κ2) is 10.8. The molecule has 9 heteroatoms. The Morgan fingerprint density at radius 3 is 2.39 bits per heavy atom. The Morgan fingerprint density at radius 1 is 1.09 bits per heavy atom. The third-order valence-corrected chi connectivity index (χ3v) is 7.06. The van der Waals surface area contributed by atoms with Gasteiger partial charge in [-0.15, -0.1) is 0 Å². The van der Waals surface area contributed by atoms with Crippen molar-refractivity contribution in [2.75, 3.05) is 13.7 Å². The van der Waals surface area contributed by atoms with Crippen LogP contribution in [0, 0.1) is 5.82 Å². The summed E-state index contributed by atoms with van der Waals surface area (Å²) in [7, 11) is -2.79. The van der Waals surface area contributed by atoms with Gasteiger partial charge in [0, 0.05) is 11.6 Å². The van der Waals surface area contributed by atoms with Gasteiger partial charge in [-0.05, 0) is 48.4 Å². The molecule has 3 aromatic carbocycles. The fourth-order valence-electron chi connectivity index (χ4n) is 3.29. The number of carbonyl (C=O) groups excluding carboxylic acids is 1. The zero-order valence-electron chi connectivity index (χ0n) is 18.2. The van der Waals surface area contributed by atoms with Crippen LogP contribution in [0.4, 0.5) is 4.39 Å². The van der Waals surface area contributed by atoms with Crippen LogP contribution in [-0.4, -0.2) is 32.3 Å². The number of halogens is 2. The summed E-state index contributed by atoms with van der Waals surface area (Å²) in [6.45, 7) is 1.27. The number of benzene rings is 3. The number of carbonyl (C=O) groups is 1. The first-order valence-corrected chi connectivity index (χ1v) is 11.9. The van der Waals surface area contributed by atoms with Crippen molar-refractivity contribution in [3.05, 3.63) is 94.8 Å². The van der Waals surface area contributed by atoms with Gasteiger partial charge < -0.3 is 10.1 Å². The highest BCUT2D eigenvalue weighted by Crippen LogP contribution is 2.30. The smallest absolute Gasteiger partial charge is 0.247 e. The molecule has 0 aliphatic carbocycles. The number of hydrogen-bond acceptors (Lipinski definition) is 4. The largest absolute Gasteiger partial charge is 0.495 e. The van der Waals surface area contributed by atoms with Crippen molar-refractivity contribution in [2.45, 2.75) is 24.4 Å². The number of nitrogens with zero attached hydrogens (tertiary/aromatic N) is 1. The molecule has 0 radical (unpaired) electrons. The minimum atomic E-state index is -4.15. The third kappa shape index (κ3) is 6.31. The number of rotatable bonds is 9. The minimum absolute atomic E-state index is 0.0306.